The van der Waals surface area contributed by atoms with Crippen LogP contribution in [-0.2, 0) is 11.3 Å². The number of benzene rings is 1. The summed E-state index contributed by atoms with van der Waals surface area (Å²) in [5, 5.41) is 1.44. The highest BCUT2D eigenvalue weighted by atomic mass is 35.5. The molecule has 1 atom stereocenters. The van der Waals surface area contributed by atoms with Gasteiger partial charge in [0.15, 0.2) is 0 Å². The molecule has 1 unspecified atom stereocenters. The molecule has 0 aliphatic heterocycles. The first-order valence-corrected chi connectivity index (χ1v) is 10.6. The number of rotatable bonds is 6. The molecular weight excluding hydrogens is 433 g/mol. The second kappa shape index (κ2) is 8.83. The monoisotopic (exact) mass is 453 g/mol. The van der Waals surface area contributed by atoms with Crippen LogP contribution in [0.5, 0.6) is 0 Å². The lowest BCUT2D eigenvalue weighted by atomic mass is 10.1. The van der Waals surface area contributed by atoms with E-state index < -0.39 is 5.97 Å². The molecular formula is C20H21Cl2N3O3S. The maximum Gasteiger partial charge on any atom is 0.348 e. The minimum absolute atomic E-state index is 0.171. The molecule has 29 heavy (non-hydrogen) atoms. The smallest absolute Gasteiger partial charge is 0.348 e. The Labute approximate surface area is 182 Å². The van der Waals surface area contributed by atoms with E-state index in [-0.39, 0.29) is 18.2 Å². The zero-order chi connectivity index (χ0) is 21.3. The highest BCUT2D eigenvalue weighted by Crippen LogP contribution is 2.29. The predicted molar refractivity (Wildman–Crippen MR) is 117 cm³/mol. The number of thiophene rings is 1. The fourth-order valence-electron chi connectivity index (χ4n) is 3.02. The number of carbonyl (C=O) groups excluding carboxylic acids is 1. The van der Waals surface area contributed by atoms with Gasteiger partial charge in [-0.2, -0.15) is 0 Å². The van der Waals surface area contributed by atoms with Gasteiger partial charge < -0.3 is 9.72 Å². The number of nitrogens with one attached hydrogen (secondary N) is 1. The molecule has 2 aromatic heterocycles. The molecule has 0 aliphatic carbocycles. The van der Waals surface area contributed by atoms with E-state index in [2.05, 4.69) is 9.97 Å². The summed E-state index contributed by atoms with van der Waals surface area (Å²) in [6.07, 6.45) is 0. The van der Waals surface area contributed by atoms with Crippen molar-refractivity contribution in [3.8, 4) is 0 Å². The van der Waals surface area contributed by atoms with Crippen LogP contribution in [-0.4, -0.2) is 34.5 Å². The van der Waals surface area contributed by atoms with Gasteiger partial charge in [0.05, 0.1) is 28.1 Å². The number of ether oxygens (including phenoxy) is 1. The van der Waals surface area contributed by atoms with Gasteiger partial charge in [-0.05, 0) is 51.1 Å². The summed E-state index contributed by atoms with van der Waals surface area (Å²) in [4.78, 5) is 35.3. The molecule has 0 radical (unpaired) electrons. The third-order valence-electron chi connectivity index (χ3n) is 4.75. The quantitative estimate of drug-likeness (QED) is 0.533. The molecule has 0 fully saturated rings. The second-order valence-electron chi connectivity index (χ2n) is 6.75. The van der Waals surface area contributed by atoms with E-state index in [0.29, 0.717) is 43.1 Å². The maximum atomic E-state index is 12.7. The zero-order valence-corrected chi connectivity index (χ0v) is 18.8. The van der Waals surface area contributed by atoms with Crippen molar-refractivity contribution in [2.24, 2.45) is 0 Å². The largest absolute Gasteiger partial charge is 0.462 e. The number of H-pyrrole nitrogens is 1. The number of hydrogen-bond acceptors (Lipinski definition) is 6. The van der Waals surface area contributed by atoms with E-state index in [4.69, 9.17) is 27.9 Å². The van der Waals surface area contributed by atoms with E-state index in [9.17, 15) is 9.59 Å². The number of fused-ring (bicyclic) bond motifs is 1. The van der Waals surface area contributed by atoms with Crippen LogP contribution in [0.4, 0.5) is 0 Å². The molecule has 0 aliphatic rings. The zero-order valence-electron chi connectivity index (χ0n) is 16.5. The van der Waals surface area contributed by atoms with Gasteiger partial charge in [0.1, 0.15) is 15.5 Å². The van der Waals surface area contributed by atoms with Crippen molar-refractivity contribution in [3.63, 3.8) is 0 Å². The maximum absolute atomic E-state index is 12.7. The summed E-state index contributed by atoms with van der Waals surface area (Å²) in [6.45, 7) is 6.31. The van der Waals surface area contributed by atoms with Gasteiger partial charge in [-0.3, -0.25) is 9.69 Å². The third-order valence-corrected chi connectivity index (χ3v) is 6.66. The lowest BCUT2D eigenvalue weighted by Crippen LogP contribution is -2.25. The Balaban J connectivity index is 1.91. The van der Waals surface area contributed by atoms with Crippen molar-refractivity contribution in [2.75, 3.05) is 13.7 Å². The van der Waals surface area contributed by atoms with Crippen LogP contribution in [0.1, 0.15) is 46.5 Å². The van der Waals surface area contributed by atoms with Gasteiger partial charge >= 0.3 is 5.97 Å². The number of halogens is 2. The summed E-state index contributed by atoms with van der Waals surface area (Å²) in [6, 6.07) is 5.32. The number of aromatic amines is 1. The Morgan fingerprint density at radius 1 is 1.34 bits per heavy atom. The van der Waals surface area contributed by atoms with E-state index in [1.54, 1.807) is 19.9 Å². The number of aryl methyl sites for hydroxylation is 1. The van der Waals surface area contributed by atoms with Crippen LogP contribution in [0, 0.1) is 6.92 Å². The van der Waals surface area contributed by atoms with Crippen molar-refractivity contribution in [1.82, 2.24) is 14.9 Å². The van der Waals surface area contributed by atoms with Crippen LogP contribution in [0.15, 0.2) is 23.0 Å². The van der Waals surface area contributed by atoms with Crippen LogP contribution in [0.3, 0.4) is 0 Å². The summed E-state index contributed by atoms with van der Waals surface area (Å²) in [5.74, 6) is 0.0976. The van der Waals surface area contributed by atoms with Crippen molar-refractivity contribution in [1.29, 1.82) is 0 Å². The third kappa shape index (κ3) is 4.48. The minimum Gasteiger partial charge on any atom is -0.462 e. The normalized spacial score (nSPS) is 12.5. The van der Waals surface area contributed by atoms with Crippen LogP contribution >= 0.6 is 34.5 Å². The Morgan fingerprint density at radius 2 is 2.07 bits per heavy atom. The fraction of sp³-hybridized carbons (Fsp3) is 0.350. The molecule has 154 valence electrons. The highest BCUT2D eigenvalue weighted by Gasteiger charge is 2.22. The molecule has 0 amide bonds. The highest BCUT2D eigenvalue weighted by molar-refractivity contribution is 7.20. The van der Waals surface area contributed by atoms with E-state index in [1.165, 1.54) is 11.3 Å². The van der Waals surface area contributed by atoms with Gasteiger partial charge in [0.25, 0.3) is 5.56 Å². The van der Waals surface area contributed by atoms with E-state index in [1.807, 2.05) is 31.0 Å². The Hall–Kier alpha value is -1.93. The molecule has 0 saturated heterocycles. The molecule has 3 rings (SSSR count). The molecule has 3 aromatic rings. The van der Waals surface area contributed by atoms with Gasteiger partial charge in [-0.25, -0.2) is 9.78 Å². The molecule has 0 spiro atoms. The molecule has 1 N–H and O–H groups in total. The molecule has 2 heterocycles. The summed E-state index contributed by atoms with van der Waals surface area (Å²) >= 11 is 13.3. The minimum atomic E-state index is -0.432. The molecule has 0 saturated carbocycles. The number of esters is 1. The first-order chi connectivity index (χ1) is 13.7. The van der Waals surface area contributed by atoms with Gasteiger partial charge in [0, 0.05) is 6.54 Å². The molecule has 9 heteroatoms. The van der Waals surface area contributed by atoms with Crippen LogP contribution in [0.25, 0.3) is 10.2 Å². The lowest BCUT2D eigenvalue weighted by molar-refractivity contribution is 0.0531. The summed E-state index contributed by atoms with van der Waals surface area (Å²) < 4.78 is 5.08. The first-order valence-electron chi connectivity index (χ1n) is 9.07. The van der Waals surface area contributed by atoms with Gasteiger partial charge in [0.2, 0.25) is 0 Å². The molecule has 1 aromatic carbocycles. The fourth-order valence-corrected chi connectivity index (χ4v) is 4.42. The molecule has 6 nitrogen and oxygen atoms in total. The van der Waals surface area contributed by atoms with Crippen molar-refractivity contribution >= 4 is 50.7 Å². The average Bonchev–Trinajstić information content (AvgIpc) is 3.01. The number of hydrogen-bond donors (Lipinski definition) is 1. The number of aromatic nitrogens is 2. The Bertz CT molecular complexity index is 1130. The van der Waals surface area contributed by atoms with Crippen molar-refractivity contribution < 1.29 is 9.53 Å². The van der Waals surface area contributed by atoms with Crippen molar-refractivity contribution in [3.05, 3.63) is 60.4 Å². The standard InChI is InChI=1S/C20H21Cl2N3O3S/c1-5-28-20(27)16-10(2)15-18(26)23-17(24-19(15)29-16)11(3)25(4)9-12-6-7-13(21)14(22)8-12/h6-8,11H,5,9H2,1-4H3,(H,23,24,26). The average molecular weight is 454 g/mol. The van der Waals surface area contributed by atoms with Gasteiger partial charge in [-0.1, -0.05) is 29.3 Å². The lowest BCUT2D eigenvalue weighted by Gasteiger charge is -2.24. The topological polar surface area (TPSA) is 75.3 Å². The summed E-state index contributed by atoms with van der Waals surface area (Å²) in [5.41, 5.74) is 1.33. The van der Waals surface area contributed by atoms with Crippen LogP contribution in [0.2, 0.25) is 10.0 Å². The number of nitrogens with zero attached hydrogens (tertiary/aromatic N) is 2. The SMILES string of the molecule is CCOC(=O)c1sc2nc(C(C)N(C)Cc3ccc(Cl)c(Cl)c3)[nH]c(=O)c2c1C. The Kier molecular flexibility index (Phi) is 6.63. The van der Waals surface area contributed by atoms with E-state index >= 15 is 0 Å². The van der Waals surface area contributed by atoms with Crippen molar-refractivity contribution in [2.45, 2.75) is 33.4 Å². The number of carbonyl (C=O) groups is 1. The van der Waals surface area contributed by atoms with Crippen LogP contribution < -0.4 is 5.56 Å². The Morgan fingerprint density at radius 3 is 2.72 bits per heavy atom. The summed E-state index contributed by atoms with van der Waals surface area (Å²) in [7, 11) is 1.93. The predicted octanol–water partition coefficient (Wildman–Crippen LogP) is 4.97. The first kappa shape index (κ1) is 21.8. The van der Waals surface area contributed by atoms with E-state index in [0.717, 1.165) is 5.56 Å². The molecule has 0 bridgehead atoms. The van der Waals surface area contributed by atoms with Gasteiger partial charge in [-0.15, -0.1) is 11.3 Å². The second-order valence-corrected chi connectivity index (χ2v) is 8.56.